The minimum Gasteiger partial charge on any atom is -0.361 e. The number of nitrogens with zero attached hydrogens (tertiary/aromatic N) is 1. The molecule has 1 atom stereocenters. The van der Waals surface area contributed by atoms with E-state index in [0.717, 1.165) is 5.56 Å². The highest BCUT2D eigenvalue weighted by Gasteiger charge is 2.57. The van der Waals surface area contributed by atoms with E-state index in [1.54, 1.807) is 11.8 Å². The highest BCUT2D eigenvalue weighted by atomic mass is 19.3. The van der Waals surface area contributed by atoms with Crippen molar-refractivity contribution in [2.45, 2.75) is 37.6 Å². The Balaban J connectivity index is 2.11. The first-order valence-corrected chi connectivity index (χ1v) is 5.92. The Bertz CT molecular complexity index is 409. The SMILES string of the molecule is C[C@H]1CC(O)(O)C(F)(F)CN1Cc1ccccc1. The van der Waals surface area contributed by atoms with Crippen molar-refractivity contribution < 1.29 is 19.0 Å². The summed E-state index contributed by atoms with van der Waals surface area (Å²) in [7, 11) is 0. The predicted octanol–water partition coefficient (Wildman–Crippen LogP) is 1.60. The third-order valence-corrected chi connectivity index (χ3v) is 3.42. The summed E-state index contributed by atoms with van der Waals surface area (Å²) in [6, 6.07) is 8.99. The zero-order valence-corrected chi connectivity index (χ0v) is 10.2. The summed E-state index contributed by atoms with van der Waals surface area (Å²) in [6.45, 7) is 1.46. The van der Waals surface area contributed by atoms with Crippen LogP contribution in [-0.2, 0) is 6.54 Å². The van der Waals surface area contributed by atoms with Crippen LogP contribution in [0.1, 0.15) is 18.9 Å². The van der Waals surface area contributed by atoms with Crippen LogP contribution >= 0.6 is 0 Å². The fourth-order valence-corrected chi connectivity index (χ4v) is 2.26. The van der Waals surface area contributed by atoms with Gasteiger partial charge in [0.05, 0.1) is 6.54 Å². The van der Waals surface area contributed by atoms with Crippen molar-refractivity contribution in [1.29, 1.82) is 0 Å². The normalized spacial score (nSPS) is 27.1. The molecule has 2 rings (SSSR count). The van der Waals surface area contributed by atoms with E-state index in [-0.39, 0.29) is 12.5 Å². The van der Waals surface area contributed by atoms with Crippen LogP contribution in [0, 0.1) is 0 Å². The molecule has 0 spiro atoms. The standard InChI is InChI=1S/C13H17F2NO2/c1-10-7-13(17,18)12(14,15)9-16(10)8-11-5-3-2-4-6-11/h2-6,10,17-18H,7-9H2,1H3/t10-/m0/s1. The summed E-state index contributed by atoms with van der Waals surface area (Å²) in [4.78, 5) is 1.57. The zero-order valence-electron chi connectivity index (χ0n) is 10.2. The summed E-state index contributed by atoms with van der Waals surface area (Å²) < 4.78 is 27.1. The smallest absolute Gasteiger partial charge is 0.312 e. The minimum absolute atomic E-state index is 0.306. The number of aliphatic hydroxyl groups is 2. The predicted molar refractivity (Wildman–Crippen MR) is 63.0 cm³/mol. The van der Waals surface area contributed by atoms with Crippen LogP contribution in [0.15, 0.2) is 30.3 Å². The molecule has 1 heterocycles. The Kier molecular flexibility index (Phi) is 3.40. The third kappa shape index (κ3) is 2.53. The average molecular weight is 257 g/mol. The first-order chi connectivity index (χ1) is 8.32. The van der Waals surface area contributed by atoms with Gasteiger partial charge in [0, 0.05) is 19.0 Å². The van der Waals surface area contributed by atoms with Gasteiger partial charge >= 0.3 is 5.92 Å². The lowest BCUT2D eigenvalue weighted by Gasteiger charge is -2.44. The fourth-order valence-electron chi connectivity index (χ4n) is 2.26. The Morgan fingerprint density at radius 2 is 1.89 bits per heavy atom. The molecule has 1 fully saturated rings. The average Bonchev–Trinajstić information content (AvgIpc) is 2.27. The highest BCUT2D eigenvalue weighted by molar-refractivity contribution is 5.15. The number of alkyl halides is 2. The van der Waals surface area contributed by atoms with E-state index in [9.17, 15) is 19.0 Å². The molecule has 0 radical (unpaired) electrons. The molecule has 0 aromatic heterocycles. The molecule has 0 saturated carbocycles. The van der Waals surface area contributed by atoms with E-state index in [4.69, 9.17) is 0 Å². The molecule has 0 unspecified atom stereocenters. The van der Waals surface area contributed by atoms with Crippen molar-refractivity contribution in [3.63, 3.8) is 0 Å². The van der Waals surface area contributed by atoms with Crippen LogP contribution in [-0.4, -0.2) is 39.4 Å². The lowest BCUT2D eigenvalue weighted by molar-refractivity contribution is -0.325. The summed E-state index contributed by atoms with van der Waals surface area (Å²) in [5.74, 6) is -6.41. The molecule has 100 valence electrons. The van der Waals surface area contributed by atoms with Gasteiger partial charge in [-0.25, -0.2) is 0 Å². The number of halogens is 2. The fraction of sp³-hybridized carbons (Fsp3) is 0.538. The van der Waals surface area contributed by atoms with Gasteiger partial charge in [0.2, 0.25) is 5.79 Å². The summed E-state index contributed by atoms with van der Waals surface area (Å²) in [6.07, 6.45) is -0.354. The topological polar surface area (TPSA) is 43.7 Å². The molecule has 3 nitrogen and oxygen atoms in total. The van der Waals surface area contributed by atoms with Gasteiger partial charge in [-0.05, 0) is 12.5 Å². The number of benzene rings is 1. The molecule has 1 saturated heterocycles. The summed E-state index contributed by atoms with van der Waals surface area (Å²) in [5.41, 5.74) is 0.934. The molecular formula is C13H17F2NO2. The maximum Gasteiger partial charge on any atom is 0.312 e. The maximum absolute atomic E-state index is 13.6. The van der Waals surface area contributed by atoms with Gasteiger partial charge in [0.25, 0.3) is 0 Å². The molecule has 1 aliphatic rings. The Hall–Kier alpha value is -1.04. The summed E-state index contributed by atoms with van der Waals surface area (Å²) >= 11 is 0. The molecule has 18 heavy (non-hydrogen) atoms. The van der Waals surface area contributed by atoms with Crippen molar-refractivity contribution in [2.75, 3.05) is 6.54 Å². The lowest BCUT2D eigenvalue weighted by Crippen LogP contribution is -2.62. The third-order valence-electron chi connectivity index (χ3n) is 3.42. The van der Waals surface area contributed by atoms with E-state index in [0.29, 0.717) is 6.54 Å². The monoisotopic (exact) mass is 257 g/mol. The Labute approximate surface area is 105 Å². The van der Waals surface area contributed by atoms with Gasteiger partial charge in [-0.3, -0.25) is 4.90 Å². The van der Waals surface area contributed by atoms with Gasteiger partial charge in [-0.1, -0.05) is 30.3 Å². The van der Waals surface area contributed by atoms with Crippen LogP contribution < -0.4 is 0 Å². The van der Waals surface area contributed by atoms with Gasteiger partial charge in [0.1, 0.15) is 0 Å². The number of hydrogen-bond donors (Lipinski definition) is 2. The molecule has 0 bridgehead atoms. The van der Waals surface area contributed by atoms with Gasteiger partial charge in [-0.2, -0.15) is 8.78 Å². The maximum atomic E-state index is 13.6. The second-order valence-electron chi connectivity index (χ2n) is 4.96. The first kappa shape index (κ1) is 13.4. The van der Waals surface area contributed by atoms with Crippen LogP contribution in [0.25, 0.3) is 0 Å². The van der Waals surface area contributed by atoms with Crippen LogP contribution in [0.3, 0.4) is 0 Å². The van der Waals surface area contributed by atoms with Crippen LogP contribution in [0.4, 0.5) is 8.78 Å². The summed E-state index contributed by atoms with van der Waals surface area (Å²) in [5, 5.41) is 18.7. The molecule has 5 heteroatoms. The van der Waals surface area contributed by atoms with Crippen molar-refractivity contribution in [1.82, 2.24) is 4.90 Å². The quantitative estimate of drug-likeness (QED) is 0.791. The van der Waals surface area contributed by atoms with Gasteiger partial charge < -0.3 is 10.2 Å². The molecule has 1 aromatic carbocycles. The first-order valence-electron chi connectivity index (χ1n) is 5.92. The Morgan fingerprint density at radius 3 is 2.50 bits per heavy atom. The molecule has 0 aliphatic carbocycles. The molecule has 1 aliphatic heterocycles. The van der Waals surface area contributed by atoms with Crippen molar-refractivity contribution in [2.24, 2.45) is 0 Å². The second kappa shape index (κ2) is 4.57. The van der Waals surface area contributed by atoms with E-state index >= 15 is 0 Å². The number of hydrogen-bond acceptors (Lipinski definition) is 3. The molecular weight excluding hydrogens is 240 g/mol. The molecule has 2 N–H and O–H groups in total. The minimum atomic E-state index is -3.51. The van der Waals surface area contributed by atoms with E-state index < -0.39 is 18.3 Å². The van der Waals surface area contributed by atoms with Crippen molar-refractivity contribution in [3.05, 3.63) is 35.9 Å². The molecule has 1 aromatic rings. The van der Waals surface area contributed by atoms with Crippen molar-refractivity contribution >= 4 is 0 Å². The zero-order chi connectivity index (χ0) is 13.4. The number of likely N-dealkylation sites (tertiary alicyclic amines) is 1. The molecule has 0 amide bonds. The van der Waals surface area contributed by atoms with E-state index in [1.807, 2.05) is 30.3 Å². The van der Waals surface area contributed by atoms with Gasteiger partial charge in [-0.15, -0.1) is 0 Å². The largest absolute Gasteiger partial charge is 0.361 e. The highest BCUT2D eigenvalue weighted by Crippen LogP contribution is 2.37. The van der Waals surface area contributed by atoms with Crippen LogP contribution in [0.5, 0.6) is 0 Å². The van der Waals surface area contributed by atoms with Crippen LogP contribution in [0.2, 0.25) is 0 Å². The second-order valence-corrected chi connectivity index (χ2v) is 4.96. The van der Waals surface area contributed by atoms with E-state index in [2.05, 4.69) is 0 Å². The number of piperidine rings is 1. The Morgan fingerprint density at radius 1 is 1.28 bits per heavy atom. The lowest BCUT2D eigenvalue weighted by atomic mass is 9.93. The van der Waals surface area contributed by atoms with Gasteiger partial charge in [0.15, 0.2) is 0 Å². The van der Waals surface area contributed by atoms with E-state index in [1.165, 1.54) is 0 Å². The number of rotatable bonds is 2. The van der Waals surface area contributed by atoms with Crippen molar-refractivity contribution in [3.8, 4) is 0 Å².